The van der Waals surface area contributed by atoms with E-state index in [1.54, 1.807) is 19.2 Å². The van der Waals surface area contributed by atoms with Gasteiger partial charge in [0.05, 0.1) is 23.8 Å². The lowest BCUT2D eigenvalue weighted by molar-refractivity contribution is -0.113. The molecule has 0 aromatic heterocycles. The number of amides is 1. The number of hydrazone groups is 1. The fourth-order valence-corrected chi connectivity index (χ4v) is 4.82. The Balaban J connectivity index is 1.47. The summed E-state index contributed by atoms with van der Waals surface area (Å²) >= 11 is 7.32. The number of ether oxygens (including phenoxy) is 1. The van der Waals surface area contributed by atoms with Crippen molar-refractivity contribution >= 4 is 46.2 Å². The van der Waals surface area contributed by atoms with Crippen LogP contribution in [0.2, 0.25) is 5.02 Å². The third-order valence-corrected chi connectivity index (χ3v) is 6.72. The van der Waals surface area contributed by atoms with E-state index in [4.69, 9.17) is 21.4 Å². The number of hydrogen-bond acceptors (Lipinski definition) is 5. The molecule has 0 saturated heterocycles. The number of nitrogens with zero attached hydrogens (tertiary/aromatic N) is 3. The summed E-state index contributed by atoms with van der Waals surface area (Å²) in [4.78, 5) is 17.6. The first-order chi connectivity index (χ1) is 16.1. The number of carbonyl (C=O) groups is 1. The standard InChI is InChI=1S/C26H20ClN3O2S/c1-32-21-13-9-19(10-14-21)23-16-22(18-5-3-2-4-6-18)29-30(23)26-28-25(31)24(33-26)15-17-7-11-20(27)12-8-17/h2-15,23H,16H2,1H3/b24-15-. The first-order valence-electron chi connectivity index (χ1n) is 10.4. The van der Waals surface area contributed by atoms with Gasteiger partial charge in [-0.1, -0.05) is 66.2 Å². The van der Waals surface area contributed by atoms with Crippen LogP contribution in [0.4, 0.5) is 0 Å². The van der Waals surface area contributed by atoms with Gasteiger partial charge in [-0.25, -0.2) is 5.01 Å². The van der Waals surface area contributed by atoms with Crippen molar-refractivity contribution in [2.24, 2.45) is 10.1 Å². The van der Waals surface area contributed by atoms with E-state index in [0.29, 0.717) is 21.5 Å². The summed E-state index contributed by atoms with van der Waals surface area (Å²) in [6, 6.07) is 25.3. The summed E-state index contributed by atoms with van der Waals surface area (Å²) in [5.74, 6) is 0.533. The highest BCUT2D eigenvalue weighted by Crippen LogP contribution is 2.39. The second-order valence-electron chi connectivity index (χ2n) is 7.61. The van der Waals surface area contributed by atoms with E-state index in [9.17, 15) is 4.79 Å². The minimum absolute atomic E-state index is 0.0694. The van der Waals surface area contributed by atoms with Crippen LogP contribution in [0.1, 0.15) is 29.2 Å². The average Bonchev–Trinajstić information content (AvgIpc) is 3.45. The number of halogens is 1. The molecule has 1 atom stereocenters. The van der Waals surface area contributed by atoms with Gasteiger partial charge in [-0.2, -0.15) is 10.1 Å². The number of benzene rings is 3. The summed E-state index contributed by atoms with van der Waals surface area (Å²) in [5, 5.41) is 8.00. The topological polar surface area (TPSA) is 54.3 Å². The zero-order chi connectivity index (χ0) is 22.8. The first-order valence-corrected chi connectivity index (χ1v) is 11.6. The third kappa shape index (κ3) is 4.58. The molecule has 164 valence electrons. The van der Waals surface area contributed by atoms with E-state index >= 15 is 0 Å². The lowest BCUT2D eigenvalue weighted by Crippen LogP contribution is -2.23. The molecular formula is C26H20ClN3O2S. The van der Waals surface area contributed by atoms with Crippen LogP contribution in [0, 0.1) is 0 Å². The van der Waals surface area contributed by atoms with Gasteiger partial charge in [0, 0.05) is 11.4 Å². The lowest BCUT2D eigenvalue weighted by Gasteiger charge is -2.22. The van der Waals surface area contributed by atoms with Crippen LogP contribution in [0.5, 0.6) is 5.75 Å². The highest BCUT2D eigenvalue weighted by atomic mass is 35.5. The molecule has 2 heterocycles. The van der Waals surface area contributed by atoms with Gasteiger partial charge in [0.2, 0.25) is 0 Å². The van der Waals surface area contributed by atoms with E-state index < -0.39 is 0 Å². The maximum Gasteiger partial charge on any atom is 0.286 e. The summed E-state index contributed by atoms with van der Waals surface area (Å²) in [5.41, 5.74) is 4.00. The van der Waals surface area contributed by atoms with Gasteiger partial charge in [0.1, 0.15) is 5.75 Å². The zero-order valence-electron chi connectivity index (χ0n) is 17.8. The Labute approximate surface area is 201 Å². The molecule has 2 aliphatic heterocycles. The smallest absolute Gasteiger partial charge is 0.286 e. The maximum absolute atomic E-state index is 12.7. The second kappa shape index (κ2) is 9.25. The molecule has 1 unspecified atom stereocenters. The Kier molecular flexibility index (Phi) is 6.03. The number of carbonyl (C=O) groups excluding carboxylic acids is 1. The average molecular weight is 474 g/mol. The van der Waals surface area contributed by atoms with Crippen molar-refractivity contribution in [2.45, 2.75) is 12.5 Å². The minimum Gasteiger partial charge on any atom is -0.497 e. The summed E-state index contributed by atoms with van der Waals surface area (Å²) < 4.78 is 5.31. The van der Waals surface area contributed by atoms with Crippen molar-refractivity contribution in [2.75, 3.05) is 7.11 Å². The molecule has 0 spiro atoms. The van der Waals surface area contributed by atoms with Crippen LogP contribution < -0.4 is 4.74 Å². The van der Waals surface area contributed by atoms with Crippen LogP contribution >= 0.6 is 23.4 Å². The van der Waals surface area contributed by atoms with Gasteiger partial charge >= 0.3 is 0 Å². The van der Waals surface area contributed by atoms with Crippen molar-refractivity contribution in [1.82, 2.24) is 5.01 Å². The highest BCUT2D eigenvalue weighted by molar-refractivity contribution is 8.18. The molecule has 1 amide bonds. The van der Waals surface area contributed by atoms with Gasteiger partial charge in [0.15, 0.2) is 5.17 Å². The van der Waals surface area contributed by atoms with Crippen LogP contribution in [-0.4, -0.2) is 28.9 Å². The predicted molar refractivity (Wildman–Crippen MR) is 135 cm³/mol. The van der Waals surface area contributed by atoms with E-state index in [2.05, 4.69) is 4.99 Å². The molecule has 0 bridgehead atoms. The molecule has 3 aromatic carbocycles. The monoisotopic (exact) mass is 473 g/mol. The van der Waals surface area contributed by atoms with E-state index in [0.717, 1.165) is 28.2 Å². The number of rotatable bonds is 4. The van der Waals surface area contributed by atoms with Gasteiger partial charge in [-0.3, -0.25) is 4.79 Å². The molecule has 5 nitrogen and oxygen atoms in total. The van der Waals surface area contributed by atoms with Crippen LogP contribution in [0.3, 0.4) is 0 Å². The molecule has 3 aromatic rings. The van der Waals surface area contributed by atoms with Crippen molar-refractivity contribution < 1.29 is 9.53 Å². The molecular weight excluding hydrogens is 454 g/mol. The van der Waals surface area contributed by atoms with Gasteiger partial charge in [-0.05, 0) is 58.8 Å². The molecule has 2 aliphatic rings. The lowest BCUT2D eigenvalue weighted by atomic mass is 9.98. The molecule has 0 radical (unpaired) electrons. The molecule has 0 fully saturated rings. The van der Waals surface area contributed by atoms with Crippen molar-refractivity contribution in [3.63, 3.8) is 0 Å². The largest absolute Gasteiger partial charge is 0.497 e. The molecule has 5 rings (SSSR count). The zero-order valence-corrected chi connectivity index (χ0v) is 19.4. The minimum atomic E-state index is -0.262. The fraction of sp³-hybridized carbons (Fsp3) is 0.115. The molecule has 33 heavy (non-hydrogen) atoms. The van der Waals surface area contributed by atoms with E-state index in [-0.39, 0.29) is 11.9 Å². The molecule has 0 saturated carbocycles. The molecule has 0 aliphatic carbocycles. The van der Waals surface area contributed by atoms with E-state index in [1.165, 1.54) is 11.8 Å². The SMILES string of the molecule is COc1ccc(C2CC(c3ccccc3)=NN2C2=NC(=O)/C(=C/c3ccc(Cl)cc3)S2)cc1. The number of methoxy groups -OCH3 is 1. The quantitative estimate of drug-likeness (QED) is 0.425. The summed E-state index contributed by atoms with van der Waals surface area (Å²) in [6.07, 6.45) is 2.54. The maximum atomic E-state index is 12.7. The van der Waals surface area contributed by atoms with Crippen molar-refractivity contribution in [3.05, 3.63) is 105 Å². The predicted octanol–water partition coefficient (Wildman–Crippen LogP) is 6.17. The van der Waals surface area contributed by atoms with Crippen LogP contribution in [0.25, 0.3) is 6.08 Å². The Morgan fingerprint density at radius 1 is 1.03 bits per heavy atom. The normalized spacial score (nSPS) is 19.1. The van der Waals surface area contributed by atoms with Crippen LogP contribution in [0.15, 0.2) is 93.9 Å². The first kappa shape index (κ1) is 21.5. The number of hydrogen-bond donors (Lipinski definition) is 0. The van der Waals surface area contributed by atoms with E-state index in [1.807, 2.05) is 77.8 Å². The van der Waals surface area contributed by atoms with Gasteiger partial charge in [0.25, 0.3) is 5.91 Å². The number of thioether (sulfide) groups is 1. The Morgan fingerprint density at radius 2 is 1.76 bits per heavy atom. The molecule has 0 N–H and O–H groups in total. The van der Waals surface area contributed by atoms with Gasteiger partial charge < -0.3 is 4.74 Å². The third-order valence-electron chi connectivity index (χ3n) is 5.49. The number of amidine groups is 1. The Hall–Kier alpha value is -3.35. The summed E-state index contributed by atoms with van der Waals surface area (Å²) in [6.45, 7) is 0. The second-order valence-corrected chi connectivity index (χ2v) is 9.06. The Bertz CT molecular complexity index is 1270. The van der Waals surface area contributed by atoms with Gasteiger partial charge in [-0.15, -0.1) is 0 Å². The Morgan fingerprint density at radius 3 is 2.45 bits per heavy atom. The summed E-state index contributed by atoms with van der Waals surface area (Å²) in [7, 11) is 1.65. The van der Waals surface area contributed by atoms with Crippen molar-refractivity contribution in [1.29, 1.82) is 0 Å². The number of aliphatic imine (C=N–C) groups is 1. The molecule has 7 heteroatoms. The highest BCUT2D eigenvalue weighted by Gasteiger charge is 2.36. The van der Waals surface area contributed by atoms with Crippen LogP contribution in [-0.2, 0) is 4.79 Å². The van der Waals surface area contributed by atoms with Crippen molar-refractivity contribution in [3.8, 4) is 5.75 Å². The fourth-order valence-electron chi connectivity index (χ4n) is 3.78.